The van der Waals surface area contributed by atoms with Crippen molar-refractivity contribution in [2.75, 3.05) is 15.5 Å². The molecule has 156 valence electrons. The van der Waals surface area contributed by atoms with Crippen molar-refractivity contribution in [1.82, 2.24) is 0 Å². The highest BCUT2D eigenvalue weighted by Crippen LogP contribution is 2.34. The van der Waals surface area contributed by atoms with Crippen LogP contribution in [0.4, 0.5) is 21.9 Å². The molecule has 4 rings (SSSR count). The van der Waals surface area contributed by atoms with Gasteiger partial charge in [-0.15, -0.1) is 11.8 Å². The Hall–Kier alpha value is -2.85. The Labute approximate surface area is 197 Å². The number of hydrogen-bond acceptors (Lipinski definition) is 4. The lowest BCUT2D eigenvalue weighted by atomic mass is 10.3. The van der Waals surface area contributed by atoms with Gasteiger partial charge in [-0.05, 0) is 83.3 Å². The number of carbonyl (C=O) groups is 3. The average Bonchev–Trinajstić information content (AvgIpc) is 3.04. The summed E-state index contributed by atoms with van der Waals surface area (Å²) in [6, 6.07) is 23.3. The van der Waals surface area contributed by atoms with E-state index in [0.29, 0.717) is 17.1 Å². The Morgan fingerprint density at radius 3 is 2.13 bits per heavy atom. The lowest BCUT2D eigenvalue weighted by Crippen LogP contribution is -2.31. The van der Waals surface area contributed by atoms with Crippen molar-refractivity contribution in [2.24, 2.45) is 0 Å². The Morgan fingerprint density at radius 1 is 0.871 bits per heavy atom. The van der Waals surface area contributed by atoms with Gasteiger partial charge in [0, 0.05) is 26.3 Å². The zero-order valence-electron chi connectivity index (χ0n) is 16.2. The van der Waals surface area contributed by atoms with Crippen molar-refractivity contribution in [1.29, 1.82) is 0 Å². The summed E-state index contributed by atoms with van der Waals surface area (Å²) in [5.41, 5.74) is 1.93. The topological polar surface area (TPSA) is 78.5 Å². The number of nitrogens with one attached hydrogen (secondary N) is 2. The number of benzene rings is 3. The van der Waals surface area contributed by atoms with Crippen LogP contribution in [0.1, 0.15) is 6.42 Å². The van der Waals surface area contributed by atoms with Gasteiger partial charge in [0.2, 0.25) is 11.8 Å². The lowest BCUT2D eigenvalue weighted by molar-refractivity contribution is -0.121. The molecule has 0 saturated carbocycles. The summed E-state index contributed by atoms with van der Waals surface area (Å²) in [4.78, 5) is 39.5. The minimum Gasteiger partial charge on any atom is -0.308 e. The maximum absolute atomic E-state index is 12.8. The van der Waals surface area contributed by atoms with Gasteiger partial charge in [0.1, 0.15) is 0 Å². The van der Waals surface area contributed by atoms with Crippen molar-refractivity contribution in [3.63, 3.8) is 0 Å². The monoisotopic (exact) mass is 543 g/mol. The molecule has 1 aliphatic rings. The van der Waals surface area contributed by atoms with Gasteiger partial charge in [-0.25, -0.2) is 9.69 Å². The Bertz CT molecular complexity index is 1110. The van der Waals surface area contributed by atoms with E-state index in [1.54, 1.807) is 36.4 Å². The third kappa shape index (κ3) is 5.26. The third-order valence-electron chi connectivity index (χ3n) is 4.61. The first-order valence-electron chi connectivity index (χ1n) is 9.52. The Balaban J connectivity index is 1.36. The molecule has 1 saturated heterocycles. The second-order valence-corrected chi connectivity index (χ2v) is 9.35. The summed E-state index contributed by atoms with van der Waals surface area (Å²) < 4.78 is 1.04. The number of urea groups is 1. The first-order valence-corrected chi connectivity index (χ1v) is 11.5. The average molecular weight is 543 g/mol. The van der Waals surface area contributed by atoms with Crippen LogP contribution in [0, 0.1) is 3.57 Å². The number of imide groups is 1. The number of thioether (sulfide) groups is 1. The number of nitrogens with zero attached hydrogens (tertiary/aromatic N) is 1. The fraction of sp³-hybridized carbons (Fsp3) is 0.0870. The van der Waals surface area contributed by atoms with Gasteiger partial charge in [-0.3, -0.25) is 9.59 Å². The van der Waals surface area contributed by atoms with Gasteiger partial charge in [0.05, 0.1) is 10.9 Å². The van der Waals surface area contributed by atoms with Crippen molar-refractivity contribution in [3.05, 3.63) is 82.4 Å². The molecule has 0 spiro atoms. The number of halogens is 1. The van der Waals surface area contributed by atoms with Gasteiger partial charge in [-0.1, -0.05) is 18.2 Å². The van der Waals surface area contributed by atoms with Gasteiger partial charge in [0.25, 0.3) is 0 Å². The molecule has 4 amide bonds. The lowest BCUT2D eigenvalue weighted by Gasteiger charge is -2.15. The van der Waals surface area contributed by atoms with E-state index in [2.05, 4.69) is 33.2 Å². The highest BCUT2D eigenvalue weighted by molar-refractivity contribution is 14.1. The first-order chi connectivity index (χ1) is 15.0. The molecular weight excluding hydrogens is 525 g/mol. The molecule has 6 nitrogen and oxygen atoms in total. The maximum atomic E-state index is 12.8. The Morgan fingerprint density at radius 2 is 1.48 bits per heavy atom. The molecular formula is C23H18IN3O3S. The van der Waals surface area contributed by atoms with Crippen LogP contribution in [0.15, 0.2) is 83.8 Å². The molecule has 8 heteroatoms. The molecule has 3 aromatic rings. The first kappa shape index (κ1) is 21.4. The van der Waals surface area contributed by atoms with Crippen LogP contribution in [0.5, 0.6) is 0 Å². The SMILES string of the molecule is O=C(Nc1ccccc1)Nc1ccc(SC2CC(=O)N(c3ccc(I)cc3)C2=O)cc1. The second kappa shape index (κ2) is 9.52. The normalized spacial score (nSPS) is 15.8. The maximum Gasteiger partial charge on any atom is 0.323 e. The van der Waals surface area contributed by atoms with Gasteiger partial charge in [-0.2, -0.15) is 0 Å². The fourth-order valence-electron chi connectivity index (χ4n) is 3.15. The summed E-state index contributed by atoms with van der Waals surface area (Å²) in [6.45, 7) is 0. The molecule has 0 bridgehead atoms. The van der Waals surface area contributed by atoms with Crippen molar-refractivity contribution < 1.29 is 14.4 Å². The quantitative estimate of drug-likeness (QED) is 0.336. The summed E-state index contributed by atoms with van der Waals surface area (Å²) >= 11 is 3.53. The van der Waals surface area contributed by atoms with E-state index in [0.717, 1.165) is 8.47 Å². The second-order valence-electron chi connectivity index (χ2n) is 6.82. The Kier molecular flexibility index (Phi) is 6.57. The number of amides is 4. The van der Waals surface area contributed by atoms with Crippen LogP contribution >= 0.6 is 34.4 Å². The third-order valence-corrected chi connectivity index (χ3v) is 6.53. The van der Waals surface area contributed by atoms with E-state index in [1.807, 2.05) is 42.5 Å². The van der Waals surface area contributed by atoms with Crippen molar-refractivity contribution in [3.8, 4) is 0 Å². The number of rotatable bonds is 5. The van der Waals surface area contributed by atoms with Gasteiger partial charge < -0.3 is 10.6 Å². The molecule has 1 heterocycles. The molecule has 1 aliphatic heterocycles. The molecule has 0 radical (unpaired) electrons. The predicted molar refractivity (Wildman–Crippen MR) is 131 cm³/mol. The summed E-state index contributed by atoms with van der Waals surface area (Å²) in [6.07, 6.45) is 0.162. The summed E-state index contributed by atoms with van der Waals surface area (Å²) in [5.74, 6) is -0.403. The van der Waals surface area contributed by atoms with Crippen LogP contribution < -0.4 is 15.5 Å². The van der Waals surface area contributed by atoms with E-state index < -0.39 is 5.25 Å². The van der Waals surface area contributed by atoms with E-state index in [4.69, 9.17) is 0 Å². The standard InChI is InChI=1S/C23H18IN3O3S/c24-15-6-10-18(11-7-15)27-21(28)14-20(22(27)29)31-19-12-8-17(9-13-19)26-23(30)25-16-4-2-1-3-5-16/h1-13,20H,14H2,(H2,25,26,30). The molecule has 1 unspecified atom stereocenters. The number of anilines is 3. The highest BCUT2D eigenvalue weighted by atomic mass is 127. The zero-order chi connectivity index (χ0) is 21.8. The van der Waals surface area contributed by atoms with E-state index >= 15 is 0 Å². The minimum atomic E-state index is -0.466. The number of carbonyl (C=O) groups excluding carboxylic acids is 3. The molecule has 1 fully saturated rings. The number of para-hydroxylation sites is 1. The van der Waals surface area contributed by atoms with Crippen LogP contribution in [-0.4, -0.2) is 23.1 Å². The fourth-order valence-corrected chi connectivity index (χ4v) is 4.57. The van der Waals surface area contributed by atoms with E-state index in [9.17, 15) is 14.4 Å². The molecule has 31 heavy (non-hydrogen) atoms. The van der Waals surface area contributed by atoms with E-state index in [-0.39, 0.29) is 24.3 Å². The van der Waals surface area contributed by atoms with Gasteiger partial charge >= 0.3 is 6.03 Å². The van der Waals surface area contributed by atoms with Crippen LogP contribution in [0.2, 0.25) is 0 Å². The number of hydrogen-bond donors (Lipinski definition) is 2. The van der Waals surface area contributed by atoms with Gasteiger partial charge in [0.15, 0.2) is 0 Å². The molecule has 2 N–H and O–H groups in total. The van der Waals surface area contributed by atoms with Crippen LogP contribution in [-0.2, 0) is 9.59 Å². The highest BCUT2D eigenvalue weighted by Gasteiger charge is 2.40. The summed E-state index contributed by atoms with van der Waals surface area (Å²) in [7, 11) is 0. The molecule has 0 aromatic heterocycles. The predicted octanol–water partition coefficient (Wildman–Crippen LogP) is 5.36. The minimum absolute atomic E-state index is 0.162. The van der Waals surface area contributed by atoms with Crippen LogP contribution in [0.3, 0.4) is 0 Å². The van der Waals surface area contributed by atoms with Crippen molar-refractivity contribution >= 4 is 69.3 Å². The van der Waals surface area contributed by atoms with Crippen molar-refractivity contribution in [2.45, 2.75) is 16.6 Å². The molecule has 3 aromatic carbocycles. The molecule has 0 aliphatic carbocycles. The smallest absolute Gasteiger partial charge is 0.308 e. The summed E-state index contributed by atoms with van der Waals surface area (Å²) in [5, 5.41) is 5.06. The van der Waals surface area contributed by atoms with Crippen LogP contribution in [0.25, 0.3) is 0 Å². The molecule has 1 atom stereocenters. The zero-order valence-corrected chi connectivity index (χ0v) is 19.2. The largest absolute Gasteiger partial charge is 0.323 e. The van der Waals surface area contributed by atoms with E-state index in [1.165, 1.54) is 16.7 Å².